The van der Waals surface area contributed by atoms with Gasteiger partial charge in [-0.1, -0.05) is 17.7 Å². The summed E-state index contributed by atoms with van der Waals surface area (Å²) < 4.78 is 9.82. The van der Waals surface area contributed by atoms with Gasteiger partial charge in [-0.15, -0.1) is 0 Å². The van der Waals surface area contributed by atoms with Crippen LogP contribution in [0, 0.1) is 0 Å². The van der Waals surface area contributed by atoms with E-state index in [-0.39, 0.29) is 33.7 Å². The summed E-state index contributed by atoms with van der Waals surface area (Å²) in [5, 5.41) is 9.12. The van der Waals surface area contributed by atoms with Gasteiger partial charge < -0.3 is 14.3 Å². The molecule has 9 heteroatoms. The van der Waals surface area contributed by atoms with Crippen LogP contribution in [0.2, 0.25) is 5.02 Å². The molecule has 134 valence electrons. The van der Waals surface area contributed by atoms with Crippen LogP contribution >= 0.6 is 23.4 Å². The summed E-state index contributed by atoms with van der Waals surface area (Å²) in [5.74, 6) is -0.934. The monoisotopic (exact) mass is 393 g/mol. The number of furan rings is 1. The number of halogens is 1. The smallest absolute Gasteiger partial charge is 0.373 e. The predicted octanol–water partition coefficient (Wildman–Crippen LogP) is 3.66. The highest BCUT2D eigenvalue weighted by Gasteiger charge is 2.35. The summed E-state index contributed by atoms with van der Waals surface area (Å²) in [5.41, 5.74) is 0.573. The molecule has 7 nitrogen and oxygen atoms in total. The van der Waals surface area contributed by atoms with Gasteiger partial charge in [0.25, 0.3) is 11.1 Å². The zero-order valence-corrected chi connectivity index (χ0v) is 15.0. The van der Waals surface area contributed by atoms with Crippen molar-refractivity contribution in [3.05, 3.63) is 57.3 Å². The van der Waals surface area contributed by atoms with Crippen LogP contribution in [0.15, 0.2) is 39.7 Å². The van der Waals surface area contributed by atoms with Gasteiger partial charge >= 0.3 is 5.97 Å². The fourth-order valence-electron chi connectivity index (χ4n) is 2.23. The first-order valence-corrected chi connectivity index (χ1v) is 8.49. The third-order valence-corrected chi connectivity index (χ3v) is 4.72. The first-order valence-electron chi connectivity index (χ1n) is 7.30. The second kappa shape index (κ2) is 7.27. The van der Waals surface area contributed by atoms with Crippen LogP contribution in [0.4, 0.5) is 4.79 Å². The fraction of sp³-hybridized carbons (Fsp3) is 0.118. The van der Waals surface area contributed by atoms with E-state index < -0.39 is 17.1 Å². The van der Waals surface area contributed by atoms with Crippen molar-refractivity contribution in [2.45, 2.75) is 6.54 Å². The maximum Gasteiger partial charge on any atom is 0.373 e. The molecular formula is C17H12ClNO6S. The number of esters is 1. The number of aromatic hydroxyl groups is 1. The van der Waals surface area contributed by atoms with Gasteiger partial charge in [0.2, 0.25) is 5.76 Å². The van der Waals surface area contributed by atoms with Crippen molar-refractivity contribution in [1.29, 1.82) is 0 Å². The Morgan fingerprint density at radius 3 is 2.81 bits per heavy atom. The van der Waals surface area contributed by atoms with Gasteiger partial charge in [-0.2, -0.15) is 0 Å². The molecule has 1 aromatic heterocycles. The van der Waals surface area contributed by atoms with Crippen molar-refractivity contribution in [2.75, 3.05) is 7.11 Å². The first-order chi connectivity index (χ1) is 12.4. The Morgan fingerprint density at radius 1 is 1.35 bits per heavy atom. The Balaban J connectivity index is 1.78. The Labute approximate surface area is 157 Å². The van der Waals surface area contributed by atoms with E-state index in [9.17, 15) is 19.5 Å². The molecule has 0 saturated carbocycles. The molecule has 1 N–H and O–H groups in total. The van der Waals surface area contributed by atoms with E-state index in [1.54, 1.807) is 6.07 Å². The molecule has 2 aromatic rings. The average molecular weight is 394 g/mol. The van der Waals surface area contributed by atoms with Crippen LogP contribution in [0.5, 0.6) is 5.75 Å². The van der Waals surface area contributed by atoms with Crippen molar-refractivity contribution in [3.8, 4) is 5.75 Å². The number of methoxy groups -OCH3 is 1. The van der Waals surface area contributed by atoms with Gasteiger partial charge in [0.1, 0.15) is 11.5 Å². The van der Waals surface area contributed by atoms with Gasteiger partial charge in [0.15, 0.2) is 0 Å². The number of rotatable bonds is 4. The lowest BCUT2D eigenvalue weighted by Gasteiger charge is -2.09. The minimum Gasteiger partial charge on any atom is -0.506 e. The molecule has 1 aliphatic heterocycles. The number of thioether (sulfide) groups is 1. The van der Waals surface area contributed by atoms with E-state index >= 15 is 0 Å². The fourth-order valence-corrected chi connectivity index (χ4v) is 3.26. The summed E-state index contributed by atoms with van der Waals surface area (Å²) in [6.07, 6.45) is 1.51. The van der Waals surface area contributed by atoms with E-state index in [1.807, 2.05) is 0 Å². The average Bonchev–Trinajstić information content (AvgIpc) is 3.18. The highest BCUT2D eigenvalue weighted by molar-refractivity contribution is 8.18. The molecule has 1 fully saturated rings. The molecule has 1 aromatic carbocycles. The van der Waals surface area contributed by atoms with Crippen molar-refractivity contribution < 1.29 is 28.6 Å². The number of nitrogens with zero attached hydrogens (tertiary/aromatic N) is 1. The van der Waals surface area contributed by atoms with E-state index in [1.165, 1.54) is 37.5 Å². The van der Waals surface area contributed by atoms with E-state index in [0.29, 0.717) is 5.56 Å². The highest BCUT2D eigenvalue weighted by atomic mass is 35.5. The van der Waals surface area contributed by atoms with Gasteiger partial charge in [0.05, 0.1) is 23.6 Å². The number of hydrogen-bond donors (Lipinski definition) is 1. The molecule has 26 heavy (non-hydrogen) atoms. The standard InChI is InChI=1S/C17H12ClNO6S/c1-24-16(22)13-5-3-10(25-13)8-19-15(21)14(26-17(19)23)7-9-2-4-12(20)11(18)6-9/h2-7,20H,8H2,1H3. The topological polar surface area (TPSA) is 97.0 Å². The molecule has 2 amide bonds. The molecule has 1 aliphatic rings. The number of hydrogen-bond acceptors (Lipinski definition) is 7. The van der Waals surface area contributed by atoms with E-state index in [2.05, 4.69) is 4.74 Å². The Kier molecular flexibility index (Phi) is 5.06. The summed E-state index contributed by atoms with van der Waals surface area (Å²) in [6, 6.07) is 7.37. The largest absolute Gasteiger partial charge is 0.506 e. The molecule has 1 saturated heterocycles. The number of amides is 2. The number of ether oxygens (including phenoxy) is 1. The van der Waals surface area contributed by atoms with Crippen LogP contribution in [-0.2, 0) is 16.1 Å². The highest BCUT2D eigenvalue weighted by Crippen LogP contribution is 2.34. The number of phenols is 1. The van der Waals surface area contributed by atoms with Crippen LogP contribution in [0.1, 0.15) is 21.9 Å². The van der Waals surface area contributed by atoms with Crippen molar-refractivity contribution in [3.63, 3.8) is 0 Å². The van der Waals surface area contributed by atoms with Crippen LogP contribution in [0.3, 0.4) is 0 Å². The third kappa shape index (κ3) is 3.61. The first kappa shape index (κ1) is 18.1. The van der Waals surface area contributed by atoms with Gasteiger partial charge in [-0.25, -0.2) is 4.79 Å². The molecule has 0 atom stereocenters. The summed E-state index contributed by atoms with van der Waals surface area (Å²) in [4.78, 5) is 37.2. The minimum absolute atomic E-state index is 0.0104. The minimum atomic E-state index is -0.644. The second-order valence-electron chi connectivity index (χ2n) is 5.24. The third-order valence-electron chi connectivity index (χ3n) is 3.51. The molecular weight excluding hydrogens is 382 g/mol. The maximum atomic E-state index is 12.5. The summed E-state index contributed by atoms with van der Waals surface area (Å²) in [6.45, 7) is -0.102. The lowest BCUT2D eigenvalue weighted by atomic mass is 10.2. The van der Waals surface area contributed by atoms with E-state index in [0.717, 1.165) is 16.7 Å². The predicted molar refractivity (Wildman–Crippen MR) is 94.7 cm³/mol. The normalized spacial score (nSPS) is 15.8. The van der Waals surface area contributed by atoms with Gasteiger partial charge in [-0.05, 0) is 47.7 Å². The van der Waals surface area contributed by atoms with Crippen LogP contribution < -0.4 is 0 Å². The zero-order valence-electron chi connectivity index (χ0n) is 13.4. The van der Waals surface area contributed by atoms with Crippen molar-refractivity contribution in [2.24, 2.45) is 0 Å². The van der Waals surface area contributed by atoms with Crippen molar-refractivity contribution >= 4 is 46.6 Å². The lowest BCUT2D eigenvalue weighted by molar-refractivity contribution is -0.123. The molecule has 0 unspecified atom stereocenters. The number of carbonyl (C=O) groups excluding carboxylic acids is 3. The quantitative estimate of drug-likeness (QED) is 0.625. The molecule has 0 radical (unpaired) electrons. The zero-order chi connectivity index (χ0) is 18.8. The summed E-state index contributed by atoms with van der Waals surface area (Å²) in [7, 11) is 1.22. The van der Waals surface area contributed by atoms with Gasteiger partial charge in [0, 0.05) is 0 Å². The number of benzene rings is 1. The maximum absolute atomic E-state index is 12.5. The molecule has 3 rings (SSSR count). The number of carbonyl (C=O) groups is 3. The number of imide groups is 1. The van der Waals surface area contributed by atoms with Gasteiger partial charge in [-0.3, -0.25) is 14.5 Å². The van der Waals surface area contributed by atoms with Crippen LogP contribution in [-0.4, -0.2) is 34.2 Å². The molecule has 2 heterocycles. The summed E-state index contributed by atoms with van der Waals surface area (Å²) >= 11 is 6.62. The Hall–Kier alpha value is -2.71. The molecule has 0 aliphatic carbocycles. The van der Waals surface area contributed by atoms with E-state index in [4.69, 9.17) is 16.0 Å². The number of phenolic OH excluding ortho intramolecular Hbond substituents is 1. The molecule has 0 spiro atoms. The SMILES string of the molecule is COC(=O)c1ccc(CN2C(=O)SC(=Cc3ccc(O)c(Cl)c3)C2=O)o1. The molecule has 0 bridgehead atoms. The van der Waals surface area contributed by atoms with Crippen molar-refractivity contribution in [1.82, 2.24) is 4.90 Å². The Morgan fingerprint density at radius 2 is 2.12 bits per heavy atom. The Bertz CT molecular complexity index is 935. The van der Waals surface area contributed by atoms with Crippen LogP contribution in [0.25, 0.3) is 6.08 Å². The second-order valence-corrected chi connectivity index (χ2v) is 6.64. The lowest BCUT2D eigenvalue weighted by Crippen LogP contribution is -2.27.